The molecule has 0 unspecified atom stereocenters. The van der Waals surface area contributed by atoms with Gasteiger partial charge in [-0.2, -0.15) is 0 Å². The van der Waals surface area contributed by atoms with E-state index < -0.39 is 5.54 Å². The van der Waals surface area contributed by atoms with E-state index in [1.165, 1.54) is 0 Å². The summed E-state index contributed by atoms with van der Waals surface area (Å²) in [5.41, 5.74) is 1.41. The smallest absolute Gasteiger partial charge is 0.0648 e. The normalized spacial score (nSPS) is 11.5. The van der Waals surface area contributed by atoms with Crippen molar-refractivity contribution in [3.63, 3.8) is 0 Å². The van der Waals surface area contributed by atoms with E-state index in [1.54, 1.807) is 0 Å². The molecular formula is C14H21NO2. The van der Waals surface area contributed by atoms with Crippen LogP contribution < -0.4 is 5.32 Å². The molecule has 3 heteroatoms. The Morgan fingerprint density at radius 3 is 2.29 bits per heavy atom. The Balaban J connectivity index is 2.59. The Morgan fingerprint density at radius 2 is 1.82 bits per heavy atom. The van der Waals surface area contributed by atoms with Crippen molar-refractivity contribution in [2.75, 3.05) is 19.8 Å². The Bertz CT molecular complexity index is 336. The molecule has 0 fully saturated rings. The molecule has 1 rings (SSSR count). The molecule has 1 aromatic carbocycles. The van der Waals surface area contributed by atoms with Crippen LogP contribution >= 0.6 is 0 Å². The third-order valence-corrected chi connectivity index (χ3v) is 3.14. The minimum absolute atomic E-state index is 0.0813. The Labute approximate surface area is 103 Å². The van der Waals surface area contributed by atoms with Crippen LogP contribution in [0, 0.1) is 0 Å². The molecule has 1 aromatic rings. The van der Waals surface area contributed by atoms with Crippen LogP contribution in [-0.2, 0) is 0 Å². The van der Waals surface area contributed by atoms with Crippen molar-refractivity contribution in [1.82, 2.24) is 5.32 Å². The summed E-state index contributed by atoms with van der Waals surface area (Å²) < 4.78 is 0. The summed E-state index contributed by atoms with van der Waals surface area (Å²) in [6.45, 7) is 6.33. The summed E-state index contributed by atoms with van der Waals surface area (Å²) in [5.74, 6) is 0. The maximum absolute atomic E-state index is 9.31. The Morgan fingerprint density at radius 1 is 1.24 bits per heavy atom. The first-order chi connectivity index (χ1) is 8.17. The van der Waals surface area contributed by atoms with Gasteiger partial charge in [-0.05, 0) is 17.6 Å². The fraction of sp³-hybridized carbons (Fsp3) is 0.429. The molecule has 94 valence electrons. The minimum Gasteiger partial charge on any atom is -0.394 e. The monoisotopic (exact) mass is 235 g/mol. The molecule has 0 spiro atoms. The zero-order chi connectivity index (χ0) is 12.7. The molecule has 3 N–H and O–H groups in total. The maximum Gasteiger partial charge on any atom is 0.0648 e. The number of aliphatic hydroxyl groups excluding tert-OH is 2. The van der Waals surface area contributed by atoms with Crippen LogP contribution in [0.25, 0.3) is 5.57 Å². The number of hydrogen-bond acceptors (Lipinski definition) is 3. The highest BCUT2D eigenvalue weighted by molar-refractivity contribution is 5.64. The van der Waals surface area contributed by atoms with E-state index >= 15 is 0 Å². The van der Waals surface area contributed by atoms with E-state index in [4.69, 9.17) is 0 Å². The van der Waals surface area contributed by atoms with Gasteiger partial charge >= 0.3 is 0 Å². The van der Waals surface area contributed by atoms with Gasteiger partial charge in [0.15, 0.2) is 0 Å². The zero-order valence-corrected chi connectivity index (χ0v) is 10.3. The predicted octanol–water partition coefficient (Wildman–Crippen LogP) is 1.42. The molecule has 0 aliphatic rings. The van der Waals surface area contributed by atoms with Crippen LogP contribution in [0.2, 0.25) is 0 Å². The van der Waals surface area contributed by atoms with E-state index in [-0.39, 0.29) is 13.2 Å². The van der Waals surface area contributed by atoms with Crippen molar-refractivity contribution in [2.24, 2.45) is 0 Å². The van der Waals surface area contributed by atoms with Gasteiger partial charge in [0.05, 0.1) is 18.8 Å². The fourth-order valence-electron chi connectivity index (χ4n) is 1.58. The molecule has 0 atom stereocenters. The van der Waals surface area contributed by atoms with Crippen molar-refractivity contribution in [3.8, 4) is 0 Å². The van der Waals surface area contributed by atoms with Crippen LogP contribution in [0.4, 0.5) is 0 Å². The van der Waals surface area contributed by atoms with Crippen LogP contribution in [0.1, 0.15) is 18.9 Å². The molecule has 0 aliphatic carbocycles. The molecule has 0 aliphatic heterocycles. The minimum atomic E-state index is -0.613. The third-order valence-electron chi connectivity index (χ3n) is 3.14. The molecule has 0 saturated heterocycles. The number of nitrogens with one attached hydrogen (secondary N) is 1. The van der Waals surface area contributed by atoms with Crippen LogP contribution in [0.15, 0.2) is 36.9 Å². The highest BCUT2D eigenvalue weighted by Crippen LogP contribution is 2.14. The van der Waals surface area contributed by atoms with Gasteiger partial charge in [-0.1, -0.05) is 43.8 Å². The summed E-state index contributed by atoms with van der Waals surface area (Å²) in [6.07, 6.45) is 0.669. The summed E-state index contributed by atoms with van der Waals surface area (Å²) in [5, 5.41) is 21.8. The molecule has 3 nitrogen and oxygen atoms in total. The standard InChI is InChI=1S/C14H21NO2/c1-3-14(10-16,11-17)15-9-12(2)13-7-5-4-6-8-13/h4-8,15-17H,2-3,9-11H2,1H3. The van der Waals surface area contributed by atoms with E-state index in [1.807, 2.05) is 37.3 Å². The molecule has 0 saturated carbocycles. The number of aliphatic hydroxyl groups is 2. The van der Waals surface area contributed by atoms with Crippen LogP contribution in [0.3, 0.4) is 0 Å². The van der Waals surface area contributed by atoms with Gasteiger partial charge in [0.2, 0.25) is 0 Å². The lowest BCUT2D eigenvalue weighted by Gasteiger charge is -2.30. The summed E-state index contributed by atoms with van der Waals surface area (Å²) >= 11 is 0. The van der Waals surface area contributed by atoms with Crippen molar-refractivity contribution >= 4 is 5.57 Å². The van der Waals surface area contributed by atoms with Gasteiger partial charge < -0.3 is 15.5 Å². The lowest BCUT2D eigenvalue weighted by Crippen LogP contribution is -2.51. The second kappa shape index (κ2) is 6.55. The first-order valence-corrected chi connectivity index (χ1v) is 5.87. The van der Waals surface area contributed by atoms with E-state index in [2.05, 4.69) is 11.9 Å². The molecule has 0 radical (unpaired) electrons. The Hall–Kier alpha value is -1.16. The topological polar surface area (TPSA) is 52.5 Å². The average molecular weight is 235 g/mol. The van der Waals surface area contributed by atoms with Gasteiger partial charge in [-0.3, -0.25) is 0 Å². The number of rotatable bonds is 7. The highest BCUT2D eigenvalue weighted by atomic mass is 16.3. The lowest BCUT2D eigenvalue weighted by molar-refractivity contribution is 0.0913. The molecule has 0 amide bonds. The van der Waals surface area contributed by atoms with Crippen molar-refractivity contribution in [2.45, 2.75) is 18.9 Å². The number of benzene rings is 1. The molecule has 0 bridgehead atoms. The predicted molar refractivity (Wildman–Crippen MR) is 70.7 cm³/mol. The fourth-order valence-corrected chi connectivity index (χ4v) is 1.58. The van der Waals surface area contributed by atoms with Crippen LogP contribution in [0.5, 0.6) is 0 Å². The first-order valence-electron chi connectivity index (χ1n) is 5.87. The van der Waals surface area contributed by atoms with Gasteiger partial charge in [-0.15, -0.1) is 0 Å². The van der Waals surface area contributed by atoms with Gasteiger partial charge in [0.25, 0.3) is 0 Å². The molecule has 0 heterocycles. The second-order valence-corrected chi connectivity index (χ2v) is 4.27. The second-order valence-electron chi connectivity index (χ2n) is 4.27. The quantitative estimate of drug-likeness (QED) is 0.670. The molecule has 0 aromatic heterocycles. The SMILES string of the molecule is C=C(CNC(CC)(CO)CO)c1ccccc1. The van der Waals surface area contributed by atoms with Gasteiger partial charge in [-0.25, -0.2) is 0 Å². The summed E-state index contributed by atoms with van der Waals surface area (Å²) in [4.78, 5) is 0. The lowest BCUT2D eigenvalue weighted by atomic mass is 9.97. The van der Waals surface area contributed by atoms with Crippen molar-refractivity contribution in [1.29, 1.82) is 0 Å². The largest absolute Gasteiger partial charge is 0.394 e. The molecule has 17 heavy (non-hydrogen) atoms. The number of hydrogen-bond donors (Lipinski definition) is 3. The molecular weight excluding hydrogens is 214 g/mol. The summed E-state index contributed by atoms with van der Waals surface area (Å²) in [6, 6.07) is 9.88. The van der Waals surface area contributed by atoms with Crippen molar-refractivity contribution in [3.05, 3.63) is 42.5 Å². The third kappa shape index (κ3) is 3.66. The Kier molecular flexibility index (Phi) is 5.35. The zero-order valence-electron chi connectivity index (χ0n) is 10.3. The van der Waals surface area contributed by atoms with Gasteiger partial charge in [0.1, 0.15) is 0 Å². The maximum atomic E-state index is 9.31. The van der Waals surface area contributed by atoms with E-state index in [0.29, 0.717) is 13.0 Å². The summed E-state index contributed by atoms with van der Waals surface area (Å²) in [7, 11) is 0. The van der Waals surface area contributed by atoms with Crippen molar-refractivity contribution < 1.29 is 10.2 Å². The van der Waals surface area contributed by atoms with E-state index in [0.717, 1.165) is 11.1 Å². The first kappa shape index (κ1) is 13.9. The highest BCUT2D eigenvalue weighted by Gasteiger charge is 2.25. The van der Waals surface area contributed by atoms with Crippen LogP contribution in [-0.4, -0.2) is 35.5 Å². The van der Waals surface area contributed by atoms with E-state index in [9.17, 15) is 10.2 Å². The average Bonchev–Trinajstić information content (AvgIpc) is 2.41. The van der Waals surface area contributed by atoms with Gasteiger partial charge in [0, 0.05) is 6.54 Å².